The molecule has 4 rings (SSSR count). The zero-order valence-electron chi connectivity index (χ0n) is 22.2. The van der Waals surface area contributed by atoms with Crippen molar-refractivity contribution in [2.45, 2.75) is 38.9 Å². The van der Waals surface area contributed by atoms with Crippen molar-refractivity contribution in [2.24, 2.45) is 0 Å². The molecule has 2 aromatic carbocycles. The quantitative estimate of drug-likeness (QED) is 0.222. The van der Waals surface area contributed by atoms with Crippen LogP contribution >= 0.6 is 0 Å². The van der Waals surface area contributed by atoms with E-state index in [4.69, 9.17) is 10.5 Å². The lowest BCUT2D eigenvalue weighted by atomic mass is 10.0. The first-order valence-electron chi connectivity index (χ1n) is 12.3. The van der Waals surface area contributed by atoms with Gasteiger partial charge in [-0.1, -0.05) is 18.2 Å². The number of aromatic nitrogens is 4. The molecular formula is C28H30N8O3. The van der Waals surface area contributed by atoms with Crippen LogP contribution in [-0.4, -0.2) is 43.6 Å². The Morgan fingerprint density at radius 3 is 2.46 bits per heavy atom. The molecule has 2 heterocycles. The second-order valence-corrected chi connectivity index (χ2v) is 9.58. The monoisotopic (exact) mass is 526 g/mol. The molecule has 0 aliphatic heterocycles. The average Bonchev–Trinajstić information content (AvgIpc) is 3.20. The van der Waals surface area contributed by atoms with E-state index in [-0.39, 0.29) is 17.9 Å². The summed E-state index contributed by atoms with van der Waals surface area (Å²) in [6.07, 6.45) is 2.85. The van der Waals surface area contributed by atoms with Gasteiger partial charge in [0.25, 0.3) is 5.91 Å². The highest BCUT2D eigenvalue weighted by atomic mass is 16.5. The first-order valence-corrected chi connectivity index (χ1v) is 12.3. The van der Waals surface area contributed by atoms with Crippen molar-refractivity contribution < 1.29 is 9.53 Å². The minimum Gasteiger partial charge on any atom is -0.457 e. The van der Waals surface area contributed by atoms with Crippen molar-refractivity contribution in [3.05, 3.63) is 83.1 Å². The fourth-order valence-electron chi connectivity index (χ4n) is 4.00. The van der Waals surface area contributed by atoms with Crippen molar-refractivity contribution in [2.75, 3.05) is 12.8 Å². The minimum atomic E-state index is -0.549. The van der Waals surface area contributed by atoms with Crippen molar-refractivity contribution in [3.8, 4) is 23.3 Å². The molecule has 1 unspecified atom stereocenters. The Balaban J connectivity index is 1.64. The number of nitrogens with zero attached hydrogens (tertiary/aromatic N) is 5. The van der Waals surface area contributed by atoms with Gasteiger partial charge in [0.2, 0.25) is 0 Å². The number of rotatable bonds is 9. The predicted molar refractivity (Wildman–Crippen MR) is 148 cm³/mol. The van der Waals surface area contributed by atoms with E-state index in [1.54, 1.807) is 44.3 Å². The number of carbonyl (C=O) groups is 1. The Morgan fingerprint density at radius 1 is 1.15 bits per heavy atom. The van der Waals surface area contributed by atoms with Gasteiger partial charge in [0.1, 0.15) is 35.0 Å². The first kappa shape index (κ1) is 27.1. The van der Waals surface area contributed by atoms with Crippen molar-refractivity contribution in [3.63, 3.8) is 0 Å². The summed E-state index contributed by atoms with van der Waals surface area (Å²) in [5, 5.41) is 15.3. The number of nitriles is 1. The summed E-state index contributed by atoms with van der Waals surface area (Å²) in [7, 11) is 1.74. The van der Waals surface area contributed by atoms with E-state index in [9.17, 15) is 14.9 Å². The Hall–Kier alpha value is -4.95. The molecule has 0 radical (unpaired) electrons. The smallest absolute Gasteiger partial charge is 0.335 e. The summed E-state index contributed by atoms with van der Waals surface area (Å²) >= 11 is 0. The second-order valence-electron chi connectivity index (χ2n) is 9.58. The summed E-state index contributed by atoms with van der Waals surface area (Å²) in [5.74, 6) is 0.899. The molecule has 0 spiro atoms. The average molecular weight is 527 g/mol. The molecular weight excluding hydrogens is 496 g/mol. The maximum absolute atomic E-state index is 13.6. The van der Waals surface area contributed by atoms with Crippen molar-refractivity contribution in [1.29, 1.82) is 5.26 Å². The second kappa shape index (κ2) is 11.2. The zero-order valence-corrected chi connectivity index (χ0v) is 22.2. The van der Waals surface area contributed by atoms with E-state index < -0.39 is 23.2 Å². The number of amides is 1. The number of hydrogen-bond donors (Lipinski definition) is 3. The highest BCUT2D eigenvalue weighted by molar-refractivity contribution is 5.97. The fourth-order valence-corrected chi connectivity index (χ4v) is 4.00. The number of benzene rings is 2. The number of carbonyl (C=O) groups excluding carboxylic acids is 1. The molecule has 0 saturated heterocycles. The predicted octanol–water partition coefficient (Wildman–Crippen LogP) is 2.91. The molecule has 1 amide bonds. The van der Waals surface area contributed by atoms with Gasteiger partial charge < -0.3 is 21.1 Å². The van der Waals surface area contributed by atoms with Crippen molar-refractivity contribution >= 4 is 22.9 Å². The molecule has 2 aromatic heterocycles. The Morgan fingerprint density at radius 2 is 1.82 bits per heavy atom. The third-order valence-corrected chi connectivity index (χ3v) is 6.16. The SMILES string of the molecule is CNC(C)(C)C=C(C#N)C(=O)NC(C)Cn1c(=O)n(-c2ccc(Oc3ccccc3)cc2)c2c(N)ncnc21. The highest BCUT2D eigenvalue weighted by Crippen LogP contribution is 2.25. The van der Waals surface area contributed by atoms with E-state index in [2.05, 4.69) is 20.6 Å². The number of anilines is 1. The minimum absolute atomic E-state index is 0.0274. The summed E-state index contributed by atoms with van der Waals surface area (Å²) in [5.41, 5.74) is 6.43. The van der Waals surface area contributed by atoms with Crippen LogP contribution in [0, 0.1) is 11.3 Å². The third-order valence-electron chi connectivity index (χ3n) is 6.16. The van der Waals surface area contributed by atoms with Gasteiger partial charge in [-0.25, -0.2) is 14.8 Å². The van der Waals surface area contributed by atoms with Crippen LogP contribution in [-0.2, 0) is 11.3 Å². The number of para-hydroxylation sites is 1. The van der Waals surface area contributed by atoms with Crippen LogP contribution in [0.25, 0.3) is 16.9 Å². The Bertz CT molecular complexity index is 1610. The number of nitrogens with two attached hydrogens (primary N) is 1. The van der Waals surface area contributed by atoms with Gasteiger partial charge in [-0.3, -0.25) is 13.9 Å². The van der Waals surface area contributed by atoms with E-state index in [0.717, 1.165) is 0 Å². The molecule has 4 aromatic rings. The molecule has 0 aliphatic carbocycles. The fraction of sp³-hybridized carbons (Fsp3) is 0.250. The Labute approximate surface area is 225 Å². The number of nitrogen functional groups attached to an aromatic ring is 1. The number of ether oxygens (including phenoxy) is 1. The highest BCUT2D eigenvalue weighted by Gasteiger charge is 2.22. The summed E-state index contributed by atoms with van der Waals surface area (Å²) in [6, 6.07) is 17.8. The lowest BCUT2D eigenvalue weighted by Gasteiger charge is -2.20. The molecule has 0 fully saturated rings. The van der Waals surface area contributed by atoms with E-state index in [1.807, 2.05) is 50.2 Å². The number of hydrogen-bond acceptors (Lipinski definition) is 8. The van der Waals surface area contributed by atoms with E-state index in [1.165, 1.54) is 15.5 Å². The lowest BCUT2D eigenvalue weighted by molar-refractivity contribution is -0.117. The van der Waals surface area contributed by atoms with E-state index in [0.29, 0.717) is 28.4 Å². The van der Waals surface area contributed by atoms with Gasteiger partial charge in [0.15, 0.2) is 11.5 Å². The van der Waals surface area contributed by atoms with Crippen LogP contribution < -0.4 is 26.8 Å². The molecule has 11 nitrogen and oxygen atoms in total. The van der Waals surface area contributed by atoms with Crippen LogP contribution in [0.2, 0.25) is 0 Å². The number of likely N-dealkylation sites (N-methyl/N-ethyl adjacent to an activating group) is 1. The van der Waals surface area contributed by atoms with Crippen LogP contribution in [0.4, 0.5) is 5.82 Å². The normalized spacial score (nSPS) is 12.6. The molecule has 0 aliphatic rings. The van der Waals surface area contributed by atoms with Crippen LogP contribution in [0.5, 0.6) is 11.5 Å². The third kappa shape index (κ3) is 5.97. The van der Waals surface area contributed by atoms with Gasteiger partial charge in [-0.05, 0) is 70.3 Å². The number of imidazole rings is 1. The van der Waals surface area contributed by atoms with Gasteiger partial charge >= 0.3 is 5.69 Å². The van der Waals surface area contributed by atoms with Crippen LogP contribution in [0.3, 0.4) is 0 Å². The van der Waals surface area contributed by atoms with Crippen LogP contribution in [0.1, 0.15) is 20.8 Å². The molecule has 11 heteroatoms. The molecule has 0 saturated carbocycles. The standard InChI is InChI=1S/C28H30N8O3/c1-18(34-26(37)19(15-29)14-28(2,3)31-4)16-35-25-23(24(30)32-17-33-25)36(27(35)38)20-10-12-22(13-11-20)39-21-8-6-5-7-9-21/h5-14,17-18,31H,16H2,1-4H3,(H,34,37)(H2,30,32,33). The van der Waals surface area contributed by atoms with Gasteiger partial charge in [-0.15, -0.1) is 0 Å². The Kier molecular flexibility index (Phi) is 7.78. The summed E-state index contributed by atoms with van der Waals surface area (Å²) < 4.78 is 8.72. The lowest BCUT2D eigenvalue weighted by Crippen LogP contribution is -2.40. The molecule has 4 N–H and O–H groups in total. The molecule has 200 valence electrons. The van der Waals surface area contributed by atoms with Gasteiger partial charge in [-0.2, -0.15) is 5.26 Å². The largest absolute Gasteiger partial charge is 0.457 e. The summed E-state index contributed by atoms with van der Waals surface area (Å²) in [4.78, 5) is 34.8. The number of nitrogens with one attached hydrogen (secondary N) is 2. The van der Waals surface area contributed by atoms with Crippen molar-refractivity contribution in [1.82, 2.24) is 29.7 Å². The van der Waals surface area contributed by atoms with E-state index >= 15 is 0 Å². The van der Waals surface area contributed by atoms with Gasteiger partial charge in [0, 0.05) is 18.1 Å². The maximum atomic E-state index is 13.6. The molecule has 1 atom stereocenters. The maximum Gasteiger partial charge on any atom is 0.335 e. The van der Waals surface area contributed by atoms with Gasteiger partial charge in [0.05, 0.1) is 5.69 Å². The van der Waals surface area contributed by atoms with Crippen LogP contribution in [0.15, 0.2) is 77.4 Å². The zero-order chi connectivity index (χ0) is 28.2. The first-order chi connectivity index (χ1) is 18.6. The number of fused-ring (bicyclic) bond motifs is 1. The molecule has 39 heavy (non-hydrogen) atoms. The topological polar surface area (TPSA) is 153 Å². The summed E-state index contributed by atoms with van der Waals surface area (Å²) in [6.45, 7) is 5.53. The molecule has 0 bridgehead atoms.